The quantitative estimate of drug-likeness (QED) is 0.381. The largest absolute Gasteiger partial charge is 0.481 e. The number of carboxylic acids is 1. The van der Waals surface area contributed by atoms with Crippen molar-refractivity contribution in [1.82, 2.24) is 0 Å². The van der Waals surface area contributed by atoms with Crippen LogP contribution in [0.1, 0.15) is 83.5 Å². The molecule has 0 radical (unpaired) electrons. The Hall–Kier alpha value is -1.06. The Bertz CT molecular complexity index is 251. The zero-order chi connectivity index (χ0) is 15.1. The summed E-state index contributed by atoms with van der Waals surface area (Å²) in [4.78, 5) is 21.2. The van der Waals surface area contributed by atoms with Gasteiger partial charge in [0.2, 0.25) is 0 Å². The first kappa shape index (κ1) is 18.9. The van der Waals surface area contributed by atoms with E-state index in [1.807, 2.05) is 0 Å². The minimum atomic E-state index is -0.683. The molecule has 0 saturated heterocycles. The van der Waals surface area contributed by atoms with Gasteiger partial charge in [-0.25, -0.2) is 0 Å². The highest BCUT2D eigenvalue weighted by Gasteiger charge is 1.99. The van der Waals surface area contributed by atoms with Crippen molar-refractivity contribution in [1.29, 1.82) is 0 Å². The molecule has 0 aliphatic rings. The number of methoxy groups -OCH3 is 1. The smallest absolute Gasteiger partial charge is 0.305 e. The van der Waals surface area contributed by atoms with Gasteiger partial charge in [0, 0.05) is 12.8 Å². The summed E-state index contributed by atoms with van der Waals surface area (Å²) in [5.41, 5.74) is 0. The molecule has 0 aliphatic carbocycles. The van der Waals surface area contributed by atoms with E-state index in [2.05, 4.69) is 4.74 Å². The topological polar surface area (TPSA) is 63.6 Å². The molecule has 4 nitrogen and oxygen atoms in total. The van der Waals surface area contributed by atoms with Gasteiger partial charge in [-0.05, 0) is 12.8 Å². The first-order valence-electron chi connectivity index (χ1n) is 7.95. The van der Waals surface area contributed by atoms with Gasteiger partial charge < -0.3 is 9.84 Å². The number of ether oxygens (including phenoxy) is 1. The first-order valence-corrected chi connectivity index (χ1v) is 7.95. The second kappa shape index (κ2) is 14.4. The summed E-state index contributed by atoms with van der Waals surface area (Å²) >= 11 is 0. The fourth-order valence-electron chi connectivity index (χ4n) is 2.24. The Morgan fingerprint density at radius 1 is 0.700 bits per heavy atom. The molecule has 0 aromatic rings. The Morgan fingerprint density at radius 2 is 1.05 bits per heavy atom. The third kappa shape index (κ3) is 15.0. The number of carbonyl (C=O) groups is 2. The molecule has 0 bridgehead atoms. The Morgan fingerprint density at radius 3 is 1.40 bits per heavy atom. The van der Waals surface area contributed by atoms with Gasteiger partial charge in [0.25, 0.3) is 0 Å². The van der Waals surface area contributed by atoms with E-state index in [1.165, 1.54) is 45.6 Å². The van der Waals surface area contributed by atoms with Crippen LogP contribution in [0.25, 0.3) is 0 Å². The van der Waals surface area contributed by atoms with E-state index in [9.17, 15) is 9.59 Å². The molecule has 0 aromatic carbocycles. The summed E-state index contributed by atoms with van der Waals surface area (Å²) in [5, 5.41) is 8.49. The number of unbranched alkanes of at least 4 members (excludes halogenated alkanes) is 10. The van der Waals surface area contributed by atoms with E-state index in [0.29, 0.717) is 12.8 Å². The van der Waals surface area contributed by atoms with Crippen LogP contribution < -0.4 is 0 Å². The molecule has 0 spiro atoms. The molecule has 0 rings (SSSR count). The molecule has 0 heterocycles. The number of rotatable bonds is 14. The first-order chi connectivity index (χ1) is 9.66. The molecule has 118 valence electrons. The molecule has 4 heteroatoms. The van der Waals surface area contributed by atoms with Crippen molar-refractivity contribution in [3.63, 3.8) is 0 Å². The maximum Gasteiger partial charge on any atom is 0.305 e. The average Bonchev–Trinajstić information content (AvgIpc) is 2.43. The predicted octanol–water partition coefficient (Wildman–Crippen LogP) is 4.32. The predicted molar refractivity (Wildman–Crippen MR) is 79.7 cm³/mol. The highest BCUT2D eigenvalue weighted by Crippen LogP contribution is 2.12. The maximum absolute atomic E-state index is 10.9. The molecule has 1 N–H and O–H groups in total. The summed E-state index contributed by atoms with van der Waals surface area (Å²) in [6, 6.07) is 0. The second-order valence-corrected chi connectivity index (χ2v) is 5.36. The Labute approximate surface area is 122 Å². The van der Waals surface area contributed by atoms with E-state index < -0.39 is 5.97 Å². The lowest BCUT2D eigenvalue weighted by Gasteiger charge is -2.02. The highest BCUT2D eigenvalue weighted by atomic mass is 16.5. The van der Waals surface area contributed by atoms with Crippen LogP contribution in [-0.4, -0.2) is 24.2 Å². The maximum atomic E-state index is 10.9. The Kier molecular flexibility index (Phi) is 13.6. The minimum Gasteiger partial charge on any atom is -0.481 e. The molecule has 0 unspecified atom stereocenters. The number of esters is 1. The molecule has 0 fully saturated rings. The van der Waals surface area contributed by atoms with Crippen LogP contribution in [0.4, 0.5) is 0 Å². The second-order valence-electron chi connectivity index (χ2n) is 5.36. The van der Waals surface area contributed by atoms with E-state index in [0.717, 1.165) is 32.1 Å². The molecule has 0 aliphatic heterocycles. The van der Waals surface area contributed by atoms with Crippen molar-refractivity contribution in [3.05, 3.63) is 0 Å². The third-order valence-corrected chi connectivity index (χ3v) is 3.50. The van der Waals surface area contributed by atoms with Gasteiger partial charge in [-0.2, -0.15) is 0 Å². The van der Waals surface area contributed by atoms with E-state index >= 15 is 0 Å². The highest BCUT2D eigenvalue weighted by molar-refractivity contribution is 5.68. The van der Waals surface area contributed by atoms with Crippen molar-refractivity contribution >= 4 is 11.9 Å². The number of carboxylic acid groups (broad SMARTS) is 1. The van der Waals surface area contributed by atoms with Crippen molar-refractivity contribution in [3.8, 4) is 0 Å². The number of hydrogen-bond donors (Lipinski definition) is 1. The minimum absolute atomic E-state index is 0.104. The SMILES string of the molecule is COC(=O)CCCCCCCCCCCCCC(=O)O. The van der Waals surface area contributed by atoms with E-state index in [1.54, 1.807) is 0 Å². The standard InChI is InChI=1S/C16H30O4/c1-20-16(19)14-12-10-8-6-4-2-3-5-7-9-11-13-15(17)18/h2-14H2,1H3,(H,17,18). The third-order valence-electron chi connectivity index (χ3n) is 3.50. The fourth-order valence-corrected chi connectivity index (χ4v) is 2.24. The van der Waals surface area contributed by atoms with Crippen LogP contribution in [0.15, 0.2) is 0 Å². The van der Waals surface area contributed by atoms with Gasteiger partial charge in [-0.1, -0.05) is 57.8 Å². The molecule has 0 saturated carbocycles. The summed E-state index contributed by atoms with van der Waals surface area (Å²) < 4.78 is 4.59. The lowest BCUT2D eigenvalue weighted by Crippen LogP contribution is -1.99. The van der Waals surface area contributed by atoms with Crippen molar-refractivity contribution < 1.29 is 19.4 Å². The number of carbonyl (C=O) groups excluding carboxylic acids is 1. The van der Waals surface area contributed by atoms with Gasteiger partial charge >= 0.3 is 11.9 Å². The molecular formula is C16H30O4. The monoisotopic (exact) mass is 286 g/mol. The molecular weight excluding hydrogens is 256 g/mol. The van der Waals surface area contributed by atoms with Crippen LogP contribution in [0.3, 0.4) is 0 Å². The normalized spacial score (nSPS) is 10.4. The summed E-state index contributed by atoms with van der Waals surface area (Å²) in [5.74, 6) is -0.787. The molecule has 0 atom stereocenters. The van der Waals surface area contributed by atoms with Gasteiger partial charge in [-0.15, -0.1) is 0 Å². The fraction of sp³-hybridized carbons (Fsp3) is 0.875. The van der Waals surface area contributed by atoms with Gasteiger partial charge in [0.15, 0.2) is 0 Å². The van der Waals surface area contributed by atoms with Crippen molar-refractivity contribution in [2.75, 3.05) is 7.11 Å². The van der Waals surface area contributed by atoms with Gasteiger partial charge in [-0.3, -0.25) is 9.59 Å². The summed E-state index contributed by atoms with van der Waals surface area (Å²) in [6.45, 7) is 0. The zero-order valence-corrected chi connectivity index (χ0v) is 12.9. The van der Waals surface area contributed by atoms with Crippen molar-refractivity contribution in [2.45, 2.75) is 83.5 Å². The van der Waals surface area contributed by atoms with E-state index in [-0.39, 0.29) is 5.97 Å². The van der Waals surface area contributed by atoms with Crippen LogP contribution in [0, 0.1) is 0 Å². The van der Waals surface area contributed by atoms with Crippen LogP contribution in [-0.2, 0) is 14.3 Å². The lowest BCUT2D eigenvalue weighted by molar-refractivity contribution is -0.141. The molecule has 0 aromatic heterocycles. The number of aliphatic carboxylic acids is 1. The van der Waals surface area contributed by atoms with Crippen molar-refractivity contribution in [2.24, 2.45) is 0 Å². The van der Waals surface area contributed by atoms with Gasteiger partial charge in [0.1, 0.15) is 0 Å². The Balaban J connectivity index is 3.03. The molecule has 20 heavy (non-hydrogen) atoms. The lowest BCUT2D eigenvalue weighted by atomic mass is 10.0. The summed E-state index contributed by atoms with van der Waals surface area (Å²) in [6.07, 6.45) is 13.4. The average molecular weight is 286 g/mol. The van der Waals surface area contributed by atoms with Gasteiger partial charge in [0.05, 0.1) is 7.11 Å². The summed E-state index contributed by atoms with van der Waals surface area (Å²) in [7, 11) is 1.43. The van der Waals surface area contributed by atoms with Crippen LogP contribution >= 0.6 is 0 Å². The van der Waals surface area contributed by atoms with Crippen LogP contribution in [0.5, 0.6) is 0 Å². The zero-order valence-electron chi connectivity index (χ0n) is 12.9. The number of hydrogen-bond acceptors (Lipinski definition) is 3. The van der Waals surface area contributed by atoms with Crippen LogP contribution in [0.2, 0.25) is 0 Å². The van der Waals surface area contributed by atoms with E-state index in [4.69, 9.17) is 5.11 Å². The molecule has 0 amide bonds.